The van der Waals surface area contributed by atoms with Crippen molar-refractivity contribution in [2.45, 2.75) is 64.6 Å². The summed E-state index contributed by atoms with van der Waals surface area (Å²) in [6.45, 7) is 9.68. The molecule has 0 saturated heterocycles. The van der Waals surface area contributed by atoms with Crippen LogP contribution in [0.1, 0.15) is 59.8 Å². The fraction of sp³-hybridized carbons (Fsp3) is 0.938. The molecule has 2 fully saturated rings. The zero-order valence-corrected chi connectivity index (χ0v) is 13.8. The Morgan fingerprint density at radius 3 is 2.50 bits per heavy atom. The number of rotatable bonds is 1. The number of hydrogen-bond acceptors (Lipinski definition) is 1. The molecule has 0 radical (unpaired) electrons. The van der Waals surface area contributed by atoms with Gasteiger partial charge in [-0.1, -0.05) is 50.0 Å². The van der Waals surface area contributed by atoms with Crippen LogP contribution in [-0.2, 0) is 0 Å². The van der Waals surface area contributed by atoms with E-state index in [0.29, 0.717) is 27.5 Å². The van der Waals surface area contributed by atoms with Crippen LogP contribution in [0.3, 0.4) is 0 Å². The van der Waals surface area contributed by atoms with E-state index >= 15 is 0 Å². The Balaban J connectivity index is 2.35. The van der Waals surface area contributed by atoms with E-state index in [9.17, 15) is 0 Å². The summed E-state index contributed by atoms with van der Waals surface area (Å²) in [5, 5.41) is 9.16. The number of hydrogen-bond donors (Lipinski definition) is 0. The van der Waals surface area contributed by atoms with E-state index in [1.165, 1.54) is 25.7 Å². The maximum Gasteiger partial charge on any atom is 0.0624 e. The van der Waals surface area contributed by atoms with Gasteiger partial charge in [-0.15, -0.1) is 0 Å². The maximum absolute atomic E-state index is 9.16. The first kappa shape index (κ1) is 14.4. The summed E-state index contributed by atoms with van der Waals surface area (Å²) in [6, 6.07) is 2.45. The van der Waals surface area contributed by atoms with E-state index < -0.39 is 0 Å². The van der Waals surface area contributed by atoms with Gasteiger partial charge >= 0.3 is 0 Å². The molecule has 0 aromatic carbocycles. The minimum Gasteiger partial charge on any atom is -0.198 e. The van der Waals surface area contributed by atoms with Gasteiger partial charge in [-0.2, -0.15) is 5.26 Å². The van der Waals surface area contributed by atoms with Crippen LogP contribution in [0.5, 0.6) is 0 Å². The molecule has 1 nitrogen and oxygen atoms in total. The molecular formula is C16H26BrN. The Kier molecular flexibility index (Phi) is 3.85. The van der Waals surface area contributed by atoms with Crippen molar-refractivity contribution in [2.24, 2.45) is 28.6 Å². The maximum atomic E-state index is 9.16. The van der Waals surface area contributed by atoms with Crippen LogP contribution in [0.25, 0.3) is 0 Å². The Bertz CT molecular complexity index is 357. The van der Waals surface area contributed by atoms with E-state index in [4.69, 9.17) is 5.26 Å². The topological polar surface area (TPSA) is 23.8 Å². The molecule has 2 aliphatic rings. The van der Waals surface area contributed by atoms with Gasteiger partial charge in [0.25, 0.3) is 0 Å². The average molecular weight is 312 g/mol. The molecule has 0 aliphatic heterocycles. The van der Waals surface area contributed by atoms with E-state index in [1.807, 2.05) is 0 Å². The van der Waals surface area contributed by atoms with Crippen molar-refractivity contribution in [1.82, 2.24) is 0 Å². The second kappa shape index (κ2) is 4.82. The first-order chi connectivity index (χ1) is 8.34. The first-order valence-electron chi connectivity index (χ1n) is 7.35. The third kappa shape index (κ3) is 2.03. The zero-order chi connectivity index (χ0) is 13.6. The highest BCUT2D eigenvalue weighted by Gasteiger charge is 2.56. The van der Waals surface area contributed by atoms with Crippen LogP contribution >= 0.6 is 15.9 Å². The Hall–Kier alpha value is -0.0300. The van der Waals surface area contributed by atoms with E-state index in [2.05, 4.69) is 49.7 Å². The quantitative estimate of drug-likeness (QED) is 0.614. The Morgan fingerprint density at radius 2 is 1.89 bits per heavy atom. The van der Waals surface area contributed by atoms with E-state index in [-0.39, 0.29) is 0 Å². The second-order valence-electron chi connectivity index (χ2n) is 7.41. The van der Waals surface area contributed by atoms with Crippen molar-refractivity contribution < 1.29 is 0 Å². The fourth-order valence-corrected chi connectivity index (χ4v) is 5.56. The van der Waals surface area contributed by atoms with Crippen LogP contribution in [-0.4, -0.2) is 4.83 Å². The zero-order valence-electron chi connectivity index (χ0n) is 12.2. The lowest BCUT2D eigenvalue weighted by Gasteiger charge is -2.60. The van der Waals surface area contributed by atoms with E-state index in [1.54, 1.807) is 0 Å². The molecule has 2 aliphatic carbocycles. The summed E-state index contributed by atoms with van der Waals surface area (Å²) in [7, 11) is 0. The molecule has 2 saturated carbocycles. The van der Waals surface area contributed by atoms with Crippen molar-refractivity contribution >= 4 is 15.9 Å². The minimum absolute atomic E-state index is 0.362. The van der Waals surface area contributed by atoms with Gasteiger partial charge in [-0.3, -0.25) is 0 Å². The van der Waals surface area contributed by atoms with Crippen molar-refractivity contribution in [2.75, 3.05) is 0 Å². The smallest absolute Gasteiger partial charge is 0.0624 e. The lowest BCUT2D eigenvalue weighted by molar-refractivity contribution is -0.0872. The normalized spacial score (nSPS) is 47.1. The third-order valence-corrected chi connectivity index (χ3v) is 7.83. The molecule has 0 heterocycles. The monoisotopic (exact) mass is 311 g/mol. The average Bonchev–Trinajstić information content (AvgIpc) is 2.29. The minimum atomic E-state index is 0.362. The first-order valence-corrected chi connectivity index (χ1v) is 8.26. The van der Waals surface area contributed by atoms with Crippen molar-refractivity contribution in [3.05, 3.63) is 0 Å². The van der Waals surface area contributed by atoms with Gasteiger partial charge in [-0.25, -0.2) is 0 Å². The highest BCUT2D eigenvalue weighted by atomic mass is 79.9. The van der Waals surface area contributed by atoms with Crippen molar-refractivity contribution in [1.29, 1.82) is 5.26 Å². The Labute approximate surface area is 120 Å². The molecule has 2 rings (SSSR count). The van der Waals surface area contributed by atoms with Gasteiger partial charge in [0.15, 0.2) is 0 Å². The number of nitriles is 1. The van der Waals surface area contributed by atoms with Crippen LogP contribution in [0.15, 0.2) is 0 Å². The van der Waals surface area contributed by atoms with Gasteiger partial charge < -0.3 is 0 Å². The largest absolute Gasteiger partial charge is 0.198 e. The molecule has 1 unspecified atom stereocenters. The highest BCUT2D eigenvalue weighted by Crippen LogP contribution is 2.62. The van der Waals surface area contributed by atoms with Gasteiger partial charge in [0.2, 0.25) is 0 Å². The van der Waals surface area contributed by atoms with Crippen LogP contribution < -0.4 is 0 Å². The summed E-state index contributed by atoms with van der Waals surface area (Å²) in [5.41, 5.74) is 0.738. The van der Waals surface area contributed by atoms with Crippen molar-refractivity contribution in [3.8, 4) is 6.07 Å². The van der Waals surface area contributed by atoms with Crippen LogP contribution in [0.2, 0.25) is 0 Å². The van der Waals surface area contributed by atoms with Crippen LogP contribution in [0, 0.1) is 39.9 Å². The summed E-state index contributed by atoms with van der Waals surface area (Å²) >= 11 is 3.90. The van der Waals surface area contributed by atoms with Gasteiger partial charge in [0.1, 0.15) is 0 Å². The lowest BCUT2D eigenvalue weighted by atomic mass is 9.46. The SMILES string of the molecule is CC1CC[C@H]2C(C)(C)[C@@H](Br)CC[C@]2(C)[C@H]1CC#N. The summed E-state index contributed by atoms with van der Waals surface area (Å²) in [5.74, 6) is 2.08. The molecule has 0 N–H and O–H groups in total. The fourth-order valence-electron chi connectivity index (χ4n) is 5.01. The van der Waals surface area contributed by atoms with Gasteiger partial charge in [0.05, 0.1) is 6.07 Å². The van der Waals surface area contributed by atoms with Crippen molar-refractivity contribution in [3.63, 3.8) is 0 Å². The summed E-state index contributed by atoms with van der Waals surface area (Å²) in [6.07, 6.45) is 5.93. The Morgan fingerprint density at radius 1 is 1.22 bits per heavy atom. The van der Waals surface area contributed by atoms with Gasteiger partial charge in [-0.05, 0) is 47.8 Å². The molecule has 0 bridgehead atoms. The molecule has 0 amide bonds. The molecule has 2 heteroatoms. The predicted molar refractivity (Wildman–Crippen MR) is 79.4 cm³/mol. The lowest BCUT2D eigenvalue weighted by Crippen LogP contribution is -2.54. The summed E-state index contributed by atoms with van der Waals surface area (Å²) in [4.78, 5) is 0.638. The number of alkyl halides is 1. The molecule has 0 aromatic heterocycles. The van der Waals surface area contributed by atoms with E-state index in [0.717, 1.165) is 12.3 Å². The van der Waals surface area contributed by atoms with Gasteiger partial charge in [0, 0.05) is 11.2 Å². The predicted octanol–water partition coefficient (Wildman–Crippen LogP) is 5.15. The third-order valence-electron chi connectivity index (χ3n) is 6.19. The standard InChI is InChI=1S/C16H26BrN/c1-11-5-6-13-15(2,3)14(17)7-9-16(13,4)12(11)8-10-18/h11-14H,5-9H2,1-4H3/t11?,12-,13-,14-,16+/m0/s1. The molecular weight excluding hydrogens is 286 g/mol. The number of halogens is 1. The molecule has 0 aromatic rings. The highest BCUT2D eigenvalue weighted by molar-refractivity contribution is 9.09. The molecule has 102 valence electrons. The number of fused-ring (bicyclic) bond motifs is 1. The molecule has 5 atom stereocenters. The molecule has 18 heavy (non-hydrogen) atoms. The summed E-state index contributed by atoms with van der Waals surface area (Å²) < 4.78 is 0. The number of nitrogens with zero attached hydrogens (tertiary/aromatic N) is 1. The second-order valence-corrected chi connectivity index (χ2v) is 8.51. The van der Waals surface area contributed by atoms with Crippen LogP contribution in [0.4, 0.5) is 0 Å². The molecule has 0 spiro atoms.